The summed E-state index contributed by atoms with van der Waals surface area (Å²) >= 11 is 0. The average Bonchev–Trinajstić information content (AvgIpc) is 2.45. The summed E-state index contributed by atoms with van der Waals surface area (Å²) in [5.41, 5.74) is 0.632. The Kier molecular flexibility index (Phi) is 4.85. The van der Waals surface area contributed by atoms with Crippen molar-refractivity contribution in [3.05, 3.63) is 24.0 Å². The van der Waals surface area contributed by atoms with E-state index in [1.54, 1.807) is 12.3 Å². The van der Waals surface area contributed by atoms with E-state index in [-0.39, 0.29) is 5.91 Å². The van der Waals surface area contributed by atoms with Crippen molar-refractivity contribution in [2.45, 2.75) is 32.7 Å². The minimum Gasteiger partial charge on any atom is -0.338 e. The molecule has 1 fully saturated rings. The number of nitrogens with zero attached hydrogens (tertiary/aromatic N) is 3. The molecule has 0 bridgehead atoms. The zero-order valence-electron chi connectivity index (χ0n) is 11.7. The molecule has 1 amide bonds. The molecule has 19 heavy (non-hydrogen) atoms. The van der Waals surface area contributed by atoms with Crippen LogP contribution in [0.3, 0.4) is 0 Å². The van der Waals surface area contributed by atoms with Crippen LogP contribution in [-0.2, 0) is 0 Å². The van der Waals surface area contributed by atoms with Gasteiger partial charge >= 0.3 is 0 Å². The fourth-order valence-electron chi connectivity index (χ4n) is 2.42. The van der Waals surface area contributed by atoms with Gasteiger partial charge in [0.25, 0.3) is 5.91 Å². The van der Waals surface area contributed by atoms with Gasteiger partial charge in [-0.2, -0.15) is 10.2 Å². The van der Waals surface area contributed by atoms with Crippen molar-refractivity contribution in [2.24, 2.45) is 5.92 Å². The van der Waals surface area contributed by atoms with Gasteiger partial charge in [0.1, 0.15) is 0 Å². The van der Waals surface area contributed by atoms with E-state index in [4.69, 9.17) is 0 Å². The van der Waals surface area contributed by atoms with Gasteiger partial charge in [0.15, 0.2) is 0 Å². The third-order valence-corrected chi connectivity index (χ3v) is 3.45. The number of hydrogen-bond donors (Lipinski definition) is 1. The van der Waals surface area contributed by atoms with Crippen molar-refractivity contribution in [3.63, 3.8) is 0 Å². The van der Waals surface area contributed by atoms with E-state index < -0.39 is 0 Å². The van der Waals surface area contributed by atoms with Crippen LogP contribution in [0.25, 0.3) is 0 Å². The van der Waals surface area contributed by atoms with Gasteiger partial charge in [-0.15, -0.1) is 0 Å². The summed E-state index contributed by atoms with van der Waals surface area (Å²) < 4.78 is 0. The summed E-state index contributed by atoms with van der Waals surface area (Å²) in [7, 11) is 0. The first-order chi connectivity index (χ1) is 9.16. The van der Waals surface area contributed by atoms with Gasteiger partial charge in [-0.1, -0.05) is 13.8 Å². The topological polar surface area (TPSA) is 58.1 Å². The van der Waals surface area contributed by atoms with Crippen molar-refractivity contribution >= 4 is 5.91 Å². The normalized spacial score (nSPS) is 19.7. The molecule has 1 atom stereocenters. The molecule has 5 nitrogen and oxygen atoms in total. The molecule has 0 aromatic carbocycles. The second-order valence-electron chi connectivity index (χ2n) is 5.45. The van der Waals surface area contributed by atoms with Crippen LogP contribution in [0.1, 0.15) is 37.0 Å². The molecule has 2 heterocycles. The number of likely N-dealkylation sites (tertiary alicyclic amines) is 1. The summed E-state index contributed by atoms with van der Waals surface area (Å²) in [4.78, 5) is 14.3. The monoisotopic (exact) mass is 262 g/mol. The van der Waals surface area contributed by atoms with Gasteiger partial charge in [0, 0.05) is 19.1 Å². The lowest BCUT2D eigenvalue weighted by Crippen LogP contribution is -2.43. The molecule has 1 aromatic rings. The molecule has 1 saturated heterocycles. The Balaban J connectivity index is 1.92. The molecule has 0 saturated carbocycles. The van der Waals surface area contributed by atoms with E-state index in [1.165, 1.54) is 12.6 Å². The third kappa shape index (κ3) is 3.99. The first-order valence-electron chi connectivity index (χ1n) is 6.96. The van der Waals surface area contributed by atoms with Gasteiger partial charge < -0.3 is 10.2 Å². The highest BCUT2D eigenvalue weighted by molar-refractivity contribution is 5.93. The molecule has 1 aromatic heterocycles. The Morgan fingerprint density at radius 3 is 3.05 bits per heavy atom. The zero-order chi connectivity index (χ0) is 13.7. The van der Waals surface area contributed by atoms with Crippen LogP contribution in [-0.4, -0.2) is 46.7 Å². The van der Waals surface area contributed by atoms with Crippen molar-refractivity contribution in [1.29, 1.82) is 0 Å². The molecule has 2 rings (SSSR count). The number of rotatable bonds is 4. The second kappa shape index (κ2) is 6.61. The highest BCUT2D eigenvalue weighted by Crippen LogP contribution is 2.17. The minimum absolute atomic E-state index is 0.0733. The number of nitrogens with one attached hydrogen (secondary N) is 1. The van der Waals surface area contributed by atoms with Crippen LogP contribution in [0.15, 0.2) is 18.5 Å². The maximum atomic E-state index is 12.3. The Morgan fingerprint density at radius 2 is 2.37 bits per heavy atom. The molecule has 0 aliphatic carbocycles. The maximum Gasteiger partial charge on any atom is 0.255 e. The minimum atomic E-state index is 0.0733. The second-order valence-corrected chi connectivity index (χ2v) is 5.45. The Hall–Kier alpha value is -1.49. The smallest absolute Gasteiger partial charge is 0.255 e. The average molecular weight is 262 g/mol. The van der Waals surface area contributed by atoms with Crippen LogP contribution in [0, 0.1) is 5.92 Å². The molecule has 104 valence electrons. The zero-order valence-corrected chi connectivity index (χ0v) is 11.7. The standard InChI is InChI=1S/C14H22N4O/c1-11(2)15-8-12-4-3-7-18(10-12)14(19)13-5-6-16-17-9-13/h5-6,9,11-12,15H,3-4,7-8,10H2,1-2H3. The lowest BCUT2D eigenvalue weighted by molar-refractivity contribution is 0.0671. The summed E-state index contributed by atoms with van der Waals surface area (Å²) in [6.07, 6.45) is 5.38. The van der Waals surface area contributed by atoms with E-state index in [1.807, 2.05) is 4.90 Å². The molecule has 1 aliphatic rings. The Bertz CT molecular complexity index is 407. The number of carbonyl (C=O) groups is 1. The lowest BCUT2D eigenvalue weighted by atomic mass is 9.97. The van der Waals surface area contributed by atoms with E-state index in [2.05, 4.69) is 29.4 Å². The first-order valence-corrected chi connectivity index (χ1v) is 6.96. The predicted molar refractivity (Wildman–Crippen MR) is 73.8 cm³/mol. The van der Waals surface area contributed by atoms with Crippen LogP contribution in [0.4, 0.5) is 0 Å². The molecule has 5 heteroatoms. The van der Waals surface area contributed by atoms with E-state index >= 15 is 0 Å². The van der Waals surface area contributed by atoms with Gasteiger partial charge in [0.05, 0.1) is 18.0 Å². The highest BCUT2D eigenvalue weighted by atomic mass is 16.2. The number of hydrogen-bond acceptors (Lipinski definition) is 4. The molecule has 1 unspecified atom stereocenters. The van der Waals surface area contributed by atoms with E-state index in [9.17, 15) is 4.79 Å². The summed E-state index contributed by atoms with van der Waals surface area (Å²) in [5.74, 6) is 0.624. The first kappa shape index (κ1) is 13.9. The van der Waals surface area contributed by atoms with Gasteiger partial charge in [-0.05, 0) is 31.4 Å². The van der Waals surface area contributed by atoms with Crippen molar-refractivity contribution in [1.82, 2.24) is 20.4 Å². The van der Waals surface area contributed by atoms with Gasteiger partial charge in [-0.25, -0.2) is 0 Å². The fraction of sp³-hybridized carbons (Fsp3) is 0.643. The van der Waals surface area contributed by atoms with Crippen molar-refractivity contribution < 1.29 is 4.79 Å². The fourth-order valence-corrected chi connectivity index (χ4v) is 2.42. The largest absolute Gasteiger partial charge is 0.338 e. The van der Waals surface area contributed by atoms with Crippen molar-refractivity contribution in [2.75, 3.05) is 19.6 Å². The quantitative estimate of drug-likeness (QED) is 0.889. The third-order valence-electron chi connectivity index (χ3n) is 3.45. The molecular formula is C14H22N4O. The number of amides is 1. The molecule has 1 aliphatic heterocycles. The van der Waals surface area contributed by atoms with E-state index in [0.717, 1.165) is 26.1 Å². The van der Waals surface area contributed by atoms with Gasteiger partial charge in [0.2, 0.25) is 0 Å². The summed E-state index contributed by atoms with van der Waals surface area (Å²) in [5, 5.41) is 10.9. The van der Waals surface area contributed by atoms with Crippen LogP contribution < -0.4 is 5.32 Å². The molecule has 0 radical (unpaired) electrons. The van der Waals surface area contributed by atoms with Gasteiger partial charge in [-0.3, -0.25) is 4.79 Å². The van der Waals surface area contributed by atoms with E-state index in [0.29, 0.717) is 17.5 Å². The number of carbonyl (C=O) groups excluding carboxylic acids is 1. The lowest BCUT2D eigenvalue weighted by Gasteiger charge is -2.33. The summed E-state index contributed by atoms with van der Waals surface area (Å²) in [6.45, 7) is 6.96. The molecule has 1 N–H and O–H groups in total. The molecular weight excluding hydrogens is 240 g/mol. The number of aromatic nitrogens is 2. The maximum absolute atomic E-state index is 12.3. The SMILES string of the molecule is CC(C)NCC1CCCN(C(=O)c2ccnnc2)C1. The number of piperidine rings is 1. The van der Waals surface area contributed by atoms with Crippen molar-refractivity contribution in [3.8, 4) is 0 Å². The van der Waals surface area contributed by atoms with Crippen LogP contribution in [0.5, 0.6) is 0 Å². The summed E-state index contributed by atoms with van der Waals surface area (Å²) in [6, 6.07) is 2.22. The van der Waals surface area contributed by atoms with Crippen LogP contribution >= 0.6 is 0 Å². The highest BCUT2D eigenvalue weighted by Gasteiger charge is 2.24. The van der Waals surface area contributed by atoms with Crippen LogP contribution in [0.2, 0.25) is 0 Å². The Labute approximate surface area is 114 Å². The Morgan fingerprint density at radius 1 is 1.53 bits per heavy atom. The predicted octanol–water partition coefficient (Wildman–Crippen LogP) is 1.33. The molecule has 0 spiro atoms.